The predicted octanol–water partition coefficient (Wildman–Crippen LogP) is 2.11. The minimum Gasteiger partial charge on any atom is -0.376 e. The van der Waals surface area contributed by atoms with Crippen LogP contribution in [0.3, 0.4) is 0 Å². The van der Waals surface area contributed by atoms with Crippen molar-refractivity contribution in [3.05, 3.63) is 35.6 Å². The van der Waals surface area contributed by atoms with Gasteiger partial charge in [-0.25, -0.2) is 4.39 Å². The highest BCUT2D eigenvalue weighted by atomic mass is 19.1. The van der Waals surface area contributed by atoms with Gasteiger partial charge in [-0.05, 0) is 42.9 Å². The molecule has 7 heteroatoms. The van der Waals surface area contributed by atoms with Gasteiger partial charge < -0.3 is 19.3 Å². The average molecular weight is 402 g/mol. The van der Waals surface area contributed by atoms with Crippen LogP contribution in [0.15, 0.2) is 24.3 Å². The Morgan fingerprint density at radius 2 is 1.59 bits per heavy atom. The Morgan fingerprint density at radius 1 is 0.897 bits per heavy atom. The van der Waals surface area contributed by atoms with Crippen LogP contribution in [0, 0.1) is 11.7 Å². The number of carbonyl (C=O) groups is 2. The molecular formula is C22H27FN2O4. The zero-order chi connectivity index (χ0) is 20.0. The molecule has 1 aromatic rings. The van der Waals surface area contributed by atoms with E-state index in [4.69, 9.17) is 9.47 Å². The zero-order valence-corrected chi connectivity index (χ0v) is 16.5. The maximum absolute atomic E-state index is 13.1. The second kappa shape index (κ2) is 7.69. The van der Waals surface area contributed by atoms with E-state index in [0.717, 1.165) is 12.2 Å². The first-order chi connectivity index (χ1) is 14.1. The van der Waals surface area contributed by atoms with Gasteiger partial charge in [-0.15, -0.1) is 0 Å². The third kappa shape index (κ3) is 3.90. The molecular weight excluding hydrogens is 375 g/mol. The van der Waals surface area contributed by atoms with Crippen molar-refractivity contribution in [3.8, 4) is 0 Å². The molecule has 156 valence electrons. The van der Waals surface area contributed by atoms with E-state index in [1.54, 1.807) is 21.9 Å². The van der Waals surface area contributed by atoms with E-state index in [0.29, 0.717) is 44.9 Å². The third-order valence-corrected chi connectivity index (χ3v) is 6.62. The molecule has 0 radical (unpaired) electrons. The minimum atomic E-state index is -0.437. The number of halogens is 1. The molecule has 0 N–H and O–H groups in total. The lowest BCUT2D eigenvalue weighted by molar-refractivity contribution is -0.165. The Morgan fingerprint density at radius 3 is 2.34 bits per heavy atom. The quantitative estimate of drug-likeness (QED) is 0.731. The highest BCUT2D eigenvalue weighted by Crippen LogP contribution is 2.35. The lowest BCUT2D eigenvalue weighted by Crippen LogP contribution is -2.65. The predicted molar refractivity (Wildman–Crippen MR) is 102 cm³/mol. The fourth-order valence-corrected chi connectivity index (χ4v) is 4.71. The molecule has 0 spiro atoms. The van der Waals surface area contributed by atoms with Crippen LogP contribution in [-0.4, -0.2) is 65.6 Å². The van der Waals surface area contributed by atoms with Crippen molar-refractivity contribution < 1.29 is 23.5 Å². The van der Waals surface area contributed by atoms with Crippen molar-refractivity contribution in [2.24, 2.45) is 5.92 Å². The number of hydrogen-bond acceptors (Lipinski definition) is 4. The summed E-state index contributed by atoms with van der Waals surface area (Å²) >= 11 is 0. The lowest BCUT2D eigenvalue weighted by Gasteiger charge is -2.46. The maximum Gasteiger partial charge on any atom is 0.246 e. The summed E-state index contributed by atoms with van der Waals surface area (Å²) in [6, 6.07) is 5.44. The number of piperazine rings is 1. The molecule has 29 heavy (non-hydrogen) atoms. The van der Waals surface area contributed by atoms with Crippen molar-refractivity contribution in [1.29, 1.82) is 0 Å². The maximum atomic E-state index is 13.1. The van der Waals surface area contributed by atoms with Crippen molar-refractivity contribution in [2.75, 3.05) is 19.7 Å². The Bertz CT molecular complexity index is 782. The van der Waals surface area contributed by atoms with Gasteiger partial charge in [0.05, 0.1) is 18.8 Å². The molecule has 3 saturated heterocycles. The zero-order valence-electron chi connectivity index (χ0n) is 16.5. The summed E-state index contributed by atoms with van der Waals surface area (Å²) in [5, 5.41) is 0. The molecule has 1 aromatic carbocycles. The number of fused-ring (bicyclic) bond motifs is 2. The van der Waals surface area contributed by atoms with Crippen LogP contribution in [0.1, 0.15) is 37.7 Å². The van der Waals surface area contributed by atoms with Gasteiger partial charge in [-0.1, -0.05) is 12.1 Å². The summed E-state index contributed by atoms with van der Waals surface area (Å²) < 4.78 is 25.0. The first-order valence-corrected chi connectivity index (χ1v) is 10.7. The molecule has 0 aromatic heterocycles. The Labute approximate surface area is 169 Å². The normalized spacial score (nSPS) is 31.8. The van der Waals surface area contributed by atoms with E-state index in [1.807, 2.05) is 0 Å². The molecule has 6 nitrogen and oxygen atoms in total. The van der Waals surface area contributed by atoms with Gasteiger partial charge in [0.1, 0.15) is 17.9 Å². The van der Waals surface area contributed by atoms with Crippen LogP contribution in [0.4, 0.5) is 4.39 Å². The molecule has 2 amide bonds. The molecule has 1 aliphatic carbocycles. The van der Waals surface area contributed by atoms with Gasteiger partial charge in [0.15, 0.2) is 0 Å². The van der Waals surface area contributed by atoms with Crippen LogP contribution >= 0.6 is 0 Å². The molecule has 4 unspecified atom stereocenters. The summed E-state index contributed by atoms with van der Waals surface area (Å²) in [6.07, 6.45) is 4.19. The summed E-state index contributed by atoms with van der Waals surface area (Å²) in [5.41, 5.74) is 0.898. The molecule has 4 aliphatic rings. The SMILES string of the molecule is O=C1C2CC(OCC3CC3)CN2C(=O)C2CC(OCc3ccc(F)cc3)CCN12. The smallest absolute Gasteiger partial charge is 0.246 e. The van der Waals surface area contributed by atoms with E-state index in [-0.39, 0.29) is 35.9 Å². The molecule has 0 bridgehead atoms. The van der Waals surface area contributed by atoms with Gasteiger partial charge >= 0.3 is 0 Å². The van der Waals surface area contributed by atoms with Gasteiger partial charge in [0.2, 0.25) is 11.8 Å². The topological polar surface area (TPSA) is 59.1 Å². The van der Waals surface area contributed by atoms with Crippen LogP contribution in [0.2, 0.25) is 0 Å². The number of piperidine rings is 1. The fraction of sp³-hybridized carbons (Fsp3) is 0.636. The molecule has 1 saturated carbocycles. The second-order valence-corrected chi connectivity index (χ2v) is 8.77. The second-order valence-electron chi connectivity index (χ2n) is 8.77. The number of nitrogens with zero attached hydrogens (tertiary/aromatic N) is 2. The minimum absolute atomic E-state index is 0.0274. The van der Waals surface area contributed by atoms with Crippen LogP contribution < -0.4 is 0 Å². The summed E-state index contributed by atoms with van der Waals surface area (Å²) in [5.74, 6) is 0.489. The standard InChI is InChI=1S/C22H27FN2O4/c23-16-5-3-15(4-6-16)12-28-17-7-8-24-19(9-17)22(27)25-11-18(10-20(25)21(24)26)29-13-14-1-2-14/h3-6,14,17-20H,1-2,7-13H2. The van der Waals surface area contributed by atoms with Crippen molar-refractivity contribution in [1.82, 2.24) is 9.80 Å². The number of benzene rings is 1. The van der Waals surface area contributed by atoms with Crippen LogP contribution in [0.25, 0.3) is 0 Å². The van der Waals surface area contributed by atoms with E-state index >= 15 is 0 Å². The first-order valence-electron chi connectivity index (χ1n) is 10.7. The summed E-state index contributed by atoms with van der Waals surface area (Å²) in [7, 11) is 0. The van der Waals surface area contributed by atoms with Crippen LogP contribution in [0.5, 0.6) is 0 Å². The number of carbonyl (C=O) groups excluding carboxylic acids is 2. The highest BCUT2D eigenvalue weighted by molar-refractivity contribution is 5.97. The number of rotatable bonds is 6. The molecule has 5 rings (SSSR count). The highest BCUT2D eigenvalue weighted by Gasteiger charge is 2.52. The van der Waals surface area contributed by atoms with Crippen LogP contribution in [-0.2, 0) is 25.7 Å². The van der Waals surface area contributed by atoms with Gasteiger partial charge in [-0.3, -0.25) is 9.59 Å². The average Bonchev–Trinajstić information content (AvgIpc) is 3.47. The number of hydrogen-bond donors (Lipinski definition) is 0. The largest absolute Gasteiger partial charge is 0.376 e. The fourth-order valence-electron chi connectivity index (χ4n) is 4.71. The first kappa shape index (κ1) is 19.0. The van der Waals surface area contributed by atoms with Crippen molar-refractivity contribution in [2.45, 2.75) is 63.0 Å². The van der Waals surface area contributed by atoms with Gasteiger partial charge in [0, 0.05) is 32.5 Å². The Kier molecular flexibility index (Phi) is 5.04. The monoisotopic (exact) mass is 402 g/mol. The molecule has 4 atom stereocenters. The number of amides is 2. The Hall–Kier alpha value is -1.99. The molecule has 4 fully saturated rings. The van der Waals surface area contributed by atoms with E-state index in [9.17, 15) is 14.0 Å². The van der Waals surface area contributed by atoms with Crippen molar-refractivity contribution >= 4 is 11.8 Å². The Balaban J connectivity index is 1.20. The third-order valence-electron chi connectivity index (χ3n) is 6.62. The van der Waals surface area contributed by atoms with Crippen molar-refractivity contribution in [3.63, 3.8) is 0 Å². The van der Waals surface area contributed by atoms with E-state index in [1.165, 1.54) is 25.0 Å². The van der Waals surface area contributed by atoms with E-state index < -0.39 is 6.04 Å². The molecule has 3 aliphatic heterocycles. The molecule has 3 heterocycles. The lowest BCUT2D eigenvalue weighted by atomic mass is 9.94. The summed E-state index contributed by atoms with van der Waals surface area (Å²) in [4.78, 5) is 29.6. The number of ether oxygens (including phenoxy) is 2. The summed E-state index contributed by atoms with van der Waals surface area (Å²) in [6.45, 7) is 2.19. The van der Waals surface area contributed by atoms with Gasteiger partial charge in [-0.2, -0.15) is 0 Å². The van der Waals surface area contributed by atoms with Gasteiger partial charge in [0.25, 0.3) is 0 Å². The van der Waals surface area contributed by atoms with E-state index in [2.05, 4.69) is 0 Å².